The molecule has 0 aliphatic heterocycles. The molecule has 3 rings (SSSR count). The van der Waals surface area contributed by atoms with Crippen LogP contribution in [-0.2, 0) is 4.79 Å². The van der Waals surface area contributed by atoms with Gasteiger partial charge in [-0.3, -0.25) is 4.79 Å². The monoisotopic (exact) mass is 492 g/mol. The van der Waals surface area contributed by atoms with Crippen molar-refractivity contribution in [3.05, 3.63) is 81.1 Å². The minimum atomic E-state index is -1.01. The third-order valence-electron chi connectivity index (χ3n) is 4.79. The normalized spacial score (nSPS) is 12.8. The molecule has 2 aromatic heterocycles. The third kappa shape index (κ3) is 8.81. The molecule has 0 radical (unpaired) electrons. The fourth-order valence-electron chi connectivity index (χ4n) is 3.04. The summed E-state index contributed by atoms with van der Waals surface area (Å²) in [6.45, 7) is 7.69. The lowest BCUT2D eigenvalue weighted by Crippen LogP contribution is -2.49. The molecule has 0 aliphatic rings. The minimum absolute atomic E-state index is 0.0561. The molecule has 2 atom stereocenters. The van der Waals surface area contributed by atoms with Crippen LogP contribution in [0.25, 0.3) is 0 Å². The molecule has 2 heterocycles. The number of pyridine rings is 1. The lowest BCUT2D eigenvalue weighted by Gasteiger charge is -2.27. The molecule has 0 bridgehead atoms. The predicted octanol–water partition coefficient (Wildman–Crippen LogP) is 7.38. The molecule has 4 nitrogen and oxygen atoms in total. The van der Waals surface area contributed by atoms with Crippen molar-refractivity contribution in [2.45, 2.75) is 58.1 Å². The molecule has 0 spiro atoms. The predicted molar refractivity (Wildman–Crippen MR) is 135 cm³/mol. The van der Waals surface area contributed by atoms with Crippen LogP contribution in [-0.4, -0.2) is 22.5 Å². The molecule has 3 aromatic rings. The van der Waals surface area contributed by atoms with Crippen molar-refractivity contribution in [2.24, 2.45) is 0 Å². The van der Waals surface area contributed by atoms with Gasteiger partial charge in [0.15, 0.2) is 5.60 Å². The first-order valence-electron chi connectivity index (χ1n) is 10.6. The molecule has 0 saturated carbocycles. The van der Waals surface area contributed by atoms with Crippen LogP contribution < -0.4 is 10.1 Å². The highest BCUT2D eigenvalue weighted by Crippen LogP contribution is 2.28. The first kappa shape index (κ1) is 26.2. The van der Waals surface area contributed by atoms with Crippen molar-refractivity contribution in [1.29, 1.82) is 0 Å². The minimum Gasteiger partial charge on any atom is -0.462 e. The lowest BCUT2D eigenvalue weighted by molar-refractivity contribution is -0.135. The van der Waals surface area contributed by atoms with E-state index in [1.807, 2.05) is 37.3 Å². The van der Waals surface area contributed by atoms with E-state index in [4.69, 9.17) is 27.9 Å². The number of nitrogens with one attached hydrogen (secondary N) is 1. The Morgan fingerprint density at radius 1 is 1.09 bits per heavy atom. The molecule has 1 N–H and O–H groups in total. The van der Waals surface area contributed by atoms with Crippen LogP contribution in [0.1, 0.15) is 51.3 Å². The Kier molecular flexibility index (Phi) is 10.5. The molecule has 0 aliphatic carbocycles. The van der Waals surface area contributed by atoms with E-state index in [1.54, 1.807) is 37.3 Å². The SMILES string of the molecule is CCC(CC(C)NC(=O)C(C)(C)Oc1ccc(Cl)cn1)c1cccs1.Clc1ccccc1. The number of rotatable bonds is 8. The molecular weight excluding hydrogens is 463 g/mol. The van der Waals surface area contributed by atoms with Gasteiger partial charge in [-0.15, -0.1) is 11.3 Å². The number of hydrogen-bond acceptors (Lipinski definition) is 4. The summed E-state index contributed by atoms with van der Waals surface area (Å²) in [5.41, 5.74) is -1.01. The zero-order chi connectivity index (χ0) is 23.6. The van der Waals surface area contributed by atoms with Gasteiger partial charge in [-0.25, -0.2) is 4.98 Å². The van der Waals surface area contributed by atoms with E-state index in [-0.39, 0.29) is 11.9 Å². The van der Waals surface area contributed by atoms with Gasteiger partial charge in [0.2, 0.25) is 5.88 Å². The second-order valence-corrected chi connectivity index (χ2v) is 9.81. The number of halogens is 2. The molecule has 32 heavy (non-hydrogen) atoms. The van der Waals surface area contributed by atoms with Crippen molar-refractivity contribution in [1.82, 2.24) is 10.3 Å². The highest BCUT2D eigenvalue weighted by atomic mass is 35.5. The molecule has 7 heteroatoms. The van der Waals surface area contributed by atoms with E-state index < -0.39 is 5.60 Å². The summed E-state index contributed by atoms with van der Waals surface area (Å²) in [5.74, 6) is 0.678. The van der Waals surface area contributed by atoms with Crippen LogP contribution in [0.3, 0.4) is 0 Å². The Bertz CT molecular complexity index is 932. The maximum atomic E-state index is 12.6. The summed E-state index contributed by atoms with van der Waals surface area (Å²) in [5, 5.41) is 6.48. The van der Waals surface area contributed by atoms with Gasteiger partial charge in [0.05, 0.1) is 5.02 Å². The van der Waals surface area contributed by atoms with E-state index in [1.165, 1.54) is 11.1 Å². The van der Waals surface area contributed by atoms with E-state index in [9.17, 15) is 4.79 Å². The summed E-state index contributed by atoms with van der Waals surface area (Å²) in [7, 11) is 0. The van der Waals surface area contributed by atoms with Gasteiger partial charge in [0, 0.05) is 28.2 Å². The van der Waals surface area contributed by atoms with Gasteiger partial charge < -0.3 is 10.1 Å². The van der Waals surface area contributed by atoms with Gasteiger partial charge in [0.25, 0.3) is 5.91 Å². The van der Waals surface area contributed by atoms with Gasteiger partial charge in [-0.05, 0) is 69.2 Å². The van der Waals surface area contributed by atoms with E-state index in [0.29, 0.717) is 16.8 Å². The Morgan fingerprint density at radius 2 is 1.81 bits per heavy atom. The Hall–Kier alpha value is -2.08. The quantitative estimate of drug-likeness (QED) is 0.356. The van der Waals surface area contributed by atoms with Crippen molar-refractivity contribution < 1.29 is 9.53 Å². The summed E-state index contributed by atoms with van der Waals surface area (Å²) in [4.78, 5) is 18.1. The standard InChI is InChI=1S/C19H25ClN2O2S.C6H5Cl/c1-5-14(16-7-6-10-25-16)11-13(2)22-18(23)19(3,4)24-17-9-8-15(20)12-21-17;7-6-4-2-1-3-5-6/h6-10,12-14H,5,11H2,1-4H3,(H,22,23);1-5H. The van der Waals surface area contributed by atoms with E-state index in [2.05, 4.69) is 34.7 Å². The van der Waals surface area contributed by atoms with Crippen LogP contribution in [0.15, 0.2) is 66.2 Å². The van der Waals surface area contributed by atoms with E-state index in [0.717, 1.165) is 17.9 Å². The van der Waals surface area contributed by atoms with Crippen LogP contribution >= 0.6 is 34.5 Å². The van der Waals surface area contributed by atoms with Gasteiger partial charge in [0.1, 0.15) is 0 Å². The number of nitrogens with zero attached hydrogens (tertiary/aromatic N) is 1. The first-order valence-corrected chi connectivity index (χ1v) is 12.2. The highest BCUT2D eigenvalue weighted by Gasteiger charge is 2.31. The van der Waals surface area contributed by atoms with Crippen LogP contribution in [0.2, 0.25) is 10.0 Å². The van der Waals surface area contributed by atoms with Gasteiger partial charge in [-0.2, -0.15) is 0 Å². The zero-order valence-corrected chi connectivity index (χ0v) is 21.2. The average molecular weight is 494 g/mol. The maximum absolute atomic E-state index is 12.6. The zero-order valence-electron chi connectivity index (χ0n) is 18.8. The maximum Gasteiger partial charge on any atom is 0.263 e. The molecular formula is C25H30Cl2N2O2S. The van der Waals surface area contributed by atoms with Crippen LogP contribution in [0.5, 0.6) is 5.88 Å². The summed E-state index contributed by atoms with van der Waals surface area (Å²) in [6, 6.07) is 17.1. The number of benzene rings is 1. The number of hydrogen-bond donors (Lipinski definition) is 1. The number of thiophene rings is 1. The first-order chi connectivity index (χ1) is 15.2. The molecule has 0 fully saturated rings. The highest BCUT2D eigenvalue weighted by molar-refractivity contribution is 7.10. The Morgan fingerprint density at radius 3 is 2.31 bits per heavy atom. The molecule has 172 valence electrons. The fraction of sp³-hybridized carbons (Fsp3) is 0.360. The smallest absolute Gasteiger partial charge is 0.263 e. The summed E-state index contributed by atoms with van der Waals surface area (Å²) >= 11 is 13.1. The van der Waals surface area contributed by atoms with Gasteiger partial charge in [-0.1, -0.05) is 54.4 Å². The third-order valence-corrected chi connectivity index (χ3v) is 6.30. The number of ether oxygens (including phenoxy) is 1. The largest absolute Gasteiger partial charge is 0.462 e. The van der Waals surface area contributed by atoms with Gasteiger partial charge >= 0.3 is 0 Å². The van der Waals surface area contributed by atoms with Crippen LogP contribution in [0.4, 0.5) is 0 Å². The van der Waals surface area contributed by atoms with Crippen molar-refractivity contribution in [3.8, 4) is 5.88 Å². The number of amides is 1. The topological polar surface area (TPSA) is 51.2 Å². The Balaban J connectivity index is 0.000000439. The second kappa shape index (κ2) is 12.8. The summed E-state index contributed by atoms with van der Waals surface area (Å²) in [6.07, 6.45) is 3.45. The Labute approximate surface area is 204 Å². The second-order valence-electron chi connectivity index (χ2n) is 7.95. The van der Waals surface area contributed by atoms with Crippen molar-refractivity contribution in [3.63, 3.8) is 0 Å². The number of carbonyl (C=O) groups is 1. The number of carbonyl (C=O) groups excluding carboxylic acids is 1. The summed E-state index contributed by atoms with van der Waals surface area (Å²) < 4.78 is 5.74. The average Bonchev–Trinajstić information content (AvgIpc) is 3.29. The fourth-order valence-corrected chi connectivity index (χ4v) is 4.22. The number of aromatic nitrogens is 1. The molecule has 2 unspecified atom stereocenters. The molecule has 0 saturated heterocycles. The van der Waals surface area contributed by atoms with E-state index >= 15 is 0 Å². The molecule has 1 amide bonds. The van der Waals surface area contributed by atoms with Crippen molar-refractivity contribution >= 4 is 40.4 Å². The lowest BCUT2D eigenvalue weighted by atomic mass is 9.96. The molecule has 1 aromatic carbocycles. The van der Waals surface area contributed by atoms with Crippen molar-refractivity contribution in [2.75, 3.05) is 0 Å². The van der Waals surface area contributed by atoms with Crippen LogP contribution in [0, 0.1) is 0 Å².